The quantitative estimate of drug-likeness (QED) is 0.828. The molecule has 1 aromatic carbocycles. The number of carbonyl (C=O) groups is 1. The molecule has 4 rings (SSSR count). The number of carbonyl (C=O) groups excluding carboxylic acids is 1. The molecule has 0 bridgehead atoms. The zero-order valence-corrected chi connectivity index (χ0v) is 17.1. The van der Waals surface area contributed by atoms with E-state index in [9.17, 15) is 13.2 Å². The molecule has 152 valence electrons. The van der Waals surface area contributed by atoms with Crippen molar-refractivity contribution in [1.29, 1.82) is 0 Å². The Morgan fingerprint density at radius 3 is 2.75 bits per heavy atom. The summed E-state index contributed by atoms with van der Waals surface area (Å²) < 4.78 is 25.5. The van der Waals surface area contributed by atoms with Crippen molar-refractivity contribution >= 4 is 32.5 Å². The van der Waals surface area contributed by atoms with Gasteiger partial charge in [0.2, 0.25) is 5.91 Å². The van der Waals surface area contributed by atoms with Crippen molar-refractivity contribution < 1.29 is 13.2 Å². The molecule has 7 nitrogen and oxygen atoms in total. The van der Waals surface area contributed by atoms with Crippen LogP contribution in [0.25, 0.3) is 11.0 Å². The van der Waals surface area contributed by atoms with Gasteiger partial charge in [-0.15, -0.1) is 0 Å². The molecule has 28 heavy (non-hydrogen) atoms. The Bertz CT molecular complexity index is 963. The Hall–Kier alpha value is -1.93. The lowest BCUT2D eigenvalue weighted by Crippen LogP contribution is -2.38. The molecule has 8 heteroatoms. The van der Waals surface area contributed by atoms with E-state index >= 15 is 0 Å². The number of nitrogens with one attached hydrogen (secondary N) is 1. The molecular weight excluding hydrogens is 376 g/mol. The number of amides is 1. The summed E-state index contributed by atoms with van der Waals surface area (Å²) in [7, 11) is -1.14. The van der Waals surface area contributed by atoms with Gasteiger partial charge in [-0.05, 0) is 44.5 Å². The maximum atomic E-state index is 12.4. The smallest absolute Gasteiger partial charge is 0.238 e. The van der Waals surface area contributed by atoms with E-state index in [1.165, 1.54) is 32.1 Å². The minimum atomic E-state index is -2.95. The number of aromatic nitrogens is 2. The van der Waals surface area contributed by atoms with Gasteiger partial charge in [0.05, 0.1) is 35.4 Å². The second kappa shape index (κ2) is 7.83. The molecule has 1 atom stereocenters. The summed E-state index contributed by atoms with van der Waals surface area (Å²) in [4.78, 5) is 18.8. The summed E-state index contributed by atoms with van der Waals surface area (Å²) in [5.74, 6) is 0.212. The van der Waals surface area contributed by atoms with Crippen molar-refractivity contribution in [3.63, 3.8) is 0 Å². The first-order chi connectivity index (χ1) is 13.4. The molecule has 1 saturated heterocycles. The van der Waals surface area contributed by atoms with Gasteiger partial charge in [0.25, 0.3) is 0 Å². The predicted molar refractivity (Wildman–Crippen MR) is 110 cm³/mol. The fourth-order valence-electron chi connectivity index (χ4n) is 4.44. The summed E-state index contributed by atoms with van der Waals surface area (Å²) in [6, 6.07) is 6.30. The molecule has 0 unspecified atom stereocenters. The average molecular weight is 405 g/mol. The number of imidazole rings is 1. The normalized spacial score (nSPS) is 22.7. The largest absolute Gasteiger partial charge is 0.327 e. The topological polar surface area (TPSA) is 84.3 Å². The Kier molecular flexibility index (Phi) is 5.42. The number of fused-ring (bicyclic) bond motifs is 1. The number of hydrogen-bond acceptors (Lipinski definition) is 5. The lowest BCUT2D eigenvalue weighted by Gasteiger charge is -2.23. The van der Waals surface area contributed by atoms with E-state index < -0.39 is 9.84 Å². The summed E-state index contributed by atoms with van der Waals surface area (Å²) in [6.45, 7) is 0.175. The molecule has 1 aliphatic carbocycles. The number of sulfone groups is 1. The summed E-state index contributed by atoms with van der Waals surface area (Å²) in [6.07, 6.45) is 8.78. The Morgan fingerprint density at radius 2 is 2.04 bits per heavy atom. The van der Waals surface area contributed by atoms with E-state index in [-0.39, 0.29) is 30.0 Å². The van der Waals surface area contributed by atoms with Gasteiger partial charge in [-0.1, -0.05) is 19.3 Å². The molecule has 2 aliphatic rings. The monoisotopic (exact) mass is 404 g/mol. The van der Waals surface area contributed by atoms with Crippen LogP contribution in [-0.4, -0.2) is 59.9 Å². The van der Waals surface area contributed by atoms with Crippen molar-refractivity contribution in [2.45, 2.75) is 50.6 Å². The molecule has 0 spiro atoms. The first kappa shape index (κ1) is 19.4. The Morgan fingerprint density at radius 1 is 1.25 bits per heavy atom. The van der Waals surface area contributed by atoms with Gasteiger partial charge >= 0.3 is 0 Å². The minimum absolute atomic E-state index is 0.0792. The molecule has 1 saturated carbocycles. The summed E-state index contributed by atoms with van der Waals surface area (Å²) in [5.41, 5.74) is 2.72. The van der Waals surface area contributed by atoms with E-state index in [0.717, 1.165) is 16.7 Å². The number of benzene rings is 1. The second-order valence-electron chi connectivity index (χ2n) is 8.17. The highest BCUT2D eigenvalue weighted by Crippen LogP contribution is 2.31. The minimum Gasteiger partial charge on any atom is -0.327 e. The van der Waals surface area contributed by atoms with Crippen molar-refractivity contribution in [3.05, 3.63) is 24.5 Å². The summed E-state index contributed by atoms with van der Waals surface area (Å²) in [5, 5.41) is 2.92. The highest BCUT2D eigenvalue weighted by atomic mass is 32.2. The zero-order valence-electron chi connectivity index (χ0n) is 16.3. The lowest BCUT2D eigenvalue weighted by atomic mass is 9.95. The molecule has 0 radical (unpaired) electrons. The van der Waals surface area contributed by atoms with Gasteiger partial charge in [0.1, 0.15) is 0 Å². The van der Waals surface area contributed by atoms with E-state index in [2.05, 4.69) is 14.9 Å². The van der Waals surface area contributed by atoms with Crippen LogP contribution in [0.4, 0.5) is 5.69 Å². The fraction of sp³-hybridized carbons (Fsp3) is 0.600. The SMILES string of the molecule is CN(CC(=O)Nc1ccc2c(c1)ncn2C1CCCCC1)[C@@H]1CCS(=O)(=O)C1. The van der Waals surface area contributed by atoms with Crippen LogP contribution >= 0.6 is 0 Å². The predicted octanol–water partition coefficient (Wildman–Crippen LogP) is 2.60. The molecule has 2 aromatic rings. The zero-order chi connectivity index (χ0) is 19.7. The van der Waals surface area contributed by atoms with Gasteiger partial charge in [-0.2, -0.15) is 0 Å². The highest BCUT2D eigenvalue weighted by Gasteiger charge is 2.31. The van der Waals surface area contributed by atoms with Crippen LogP contribution < -0.4 is 5.32 Å². The van der Waals surface area contributed by atoms with Crippen molar-refractivity contribution in [2.24, 2.45) is 0 Å². The van der Waals surface area contributed by atoms with Crippen LogP contribution in [0, 0.1) is 0 Å². The Labute approximate surface area is 166 Å². The van der Waals surface area contributed by atoms with Crippen LogP contribution in [0.5, 0.6) is 0 Å². The average Bonchev–Trinajstić information content (AvgIpc) is 3.25. The van der Waals surface area contributed by atoms with Gasteiger partial charge < -0.3 is 9.88 Å². The first-order valence-electron chi connectivity index (χ1n) is 10.1. The highest BCUT2D eigenvalue weighted by molar-refractivity contribution is 7.91. The van der Waals surface area contributed by atoms with Crippen molar-refractivity contribution in [2.75, 3.05) is 30.4 Å². The summed E-state index contributed by atoms with van der Waals surface area (Å²) >= 11 is 0. The first-order valence-corrected chi connectivity index (χ1v) is 11.9. The van der Waals surface area contributed by atoms with Crippen LogP contribution in [0.1, 0.15) is 44.6 Å². The number of nitrogens with zero attached hydrogens (tertiary/aromatic N) is 3. The third-order valence-electron chi connectivity index (χ3n) is 6.05. The second-order valence-corrected chi connectivity index (χ2v) is 10.4. The molecule has 1 amide bonds. The Balaban J connectivity index is 1.40. The molecule has 1 aliphatic heterocycles. The molecule has 1 aromatic heterocycles. The van der Waals surface area contributed by atoms with Gasteiger partial charge in [-0.25, -0.2) is 13.4 Å². The van der Waals surface area contributed by atoms with Crippen LogP contribution in [0.15, 0.2) is 24.5 Å². The van der Waals surface area contributed by atoms with Gasteiger partial charge in [0.15, 0.2) is 9.84 Å². The van der Waals surface area contributed by atoms with Gasteiger partial charge in [-0.3, -0.25) is 9.69 Å². The van der Waals surface area contributed by atoms with E-state index in [1.807, 2.05) is 29.4 Å². The van der Waals surface area contributed by atoms with Crippen LogP contribution in [0.2, 0.25) is 0 Å². The third kappa shape index (κ3) is 4.22. The number of anilines is 1. The van der Waals surface area contributed by atoms with Crippen LogP contribution in [0.3, 0.4) is 0 Å². The lowest BCUT2D eigenvalue weighted by molar-refractivity contribution is -0.117. The van der Waals surface area contributed by atoms with Gasteiger partial charge in [0, 0.05) is 17.8 Å². The van der Waals surface area contributed by atoms with E-state index in [1.54, 1.807) is 7.05 Å². The maximum Gasteiger partial charge on any atom is 0.238 e. The molecule has 2 heterocycles. The number of likely N-dealkylation sites (N-methyl/N-ethyl adjacent to an activating group) is 1. The van der Waals surface area contributed by atoms with E-state index in [4.69, 9.17) is 0 Å². The van der Waals surface area contributed by atoms with Crippen molar-refractivity contribution in [1.82, 2.24) is 14.5 Å². The van der Waals surface area contributed by atoms with E-state index in [0.29, 0.717) is 12.5 Å². The maximum absolute atomic E-state index is 12.4. The van der Waals surface area contributed by atoms with Crippen LogP contribution in [-0.2, 0) is 14.6 Å². The fourth-order valence-corrected chi connectivity index (χ4v) is 6.24. The molecule has 2 fully saturated rings. The number of rotatable bonds is 5. The molecular formula is C20H28N4O3S. The number of hydrogen-bond donors (Lipinski definition) is 1. The third-order valence-corrected chi connectivity index (χ3v) is 7.80. The van der Waals surface area contributed by atoms with Crippen molar-refractivity contribution in [3.8, 4) is 0 Å². The molecule has 1 N–H and O–H groups in total. The standard InChI is InChI=1S/C20H28N4O3S/c1-23(17-9-10-28(26,27)13-17)12-20(25)22-15-7-8-19-18(11-15)21-14-24(19)16-5-3-2-4-6-16/h7-8,11,14,16-17H,2-6,9-10,12-13H2,1H3,(H,22,25)/t17-/m1/s1.